The van der Waals surface area contributed by atoms with Crippen LogP contribution in [0, 0.1) is 10.1 Å². The summed E-state index contributed by atoms with van der Waals surface area (Å²) in [5.41, 5.74) is 0.0123. The van der Waals surface area contributed by atoms with Gasteiger partial charge in [-0.3, -0.25) is 14.9 Å². The quantitative estimate of drug-likeness (QED) is 0.616. The van der Waals surface area contributed by atoms with Crippen LogP contribution in [-0.2, 0) is 4.74 Å². The van der Waals surface area contributed by atoms with Crippen LogP contribution < -0.4 is 0 Å². The third kappa shape index (κ3) is 2.85. The number of benzene rings is 1. The van der Waals surface area contributed by atoms with Gasteiger partial charge in [0.2, 0.25) is 0 Å². The van der Waals surface area contributed by atoms with Crippen LogP contribution in [0.15, 0.2) is 18.2 Å². The van der Waals surface area contributed by atoms with Crippen molar-refractivity contribution in [3.63, 3.8) is 0 Å². The molecule has 0 spiro atoms. The predicted molar refractivity (Wildman–Crippen MR) is 69.4 cm³/mol. The van der Waals surface area contributed by atoms with E-state index in [-0.39, 0.29) is 28.2 Å². The Kier molecular flexibility index (Phi) is 4.01. The fraction of sp³-hybridized carbons (Fsp3) is 0.417. The van der Waals surface area contributed by atoms with Crippen LogP contribution in [0.3, 0.4) is 0 Å². The average Bonchev–Trinajstić information content (AvgIpc) is 2.38. The van der Waals surface area contributed by atoms with Crippen LogP contribution in [0.4, 0.5) is 5.69 Å². The summed E-state index contributed by atoms with van der Waals surface area (Å²) < 4.78 is 5.26. The van der Waals surface area contributed by atoms with Crippen molar-refractivity contribution in [3.05, 3.63) is 38.9 Å². The molecule has 0 aromatic heterocycles. The maximum Gasteiger partial charge on any atom is 0.270 e. The Bertz CT molecular complexity index is 520. The molecule has 0 radical (unpaired) electrons. The maximum atomic E-state index is 12.4. The minimum absolute atomic E-state index is 0.0726. The normalized spacial score (nSPS) is 19.3. The van der Waals surface area contributed by atoms with E-state index in [4.69, 9.17) is 16.3 Å². The van der Waals surface area contributed by atoms with Gasteiger partial charge in [0.05, 0.1) is 34.8 Å². The molecule has 7 heteroatoms. The highest BCUT2D eigenvalue weighted by molar-refractivity contribution is 6.33. The van der Waals surface area contributed by atoms with E-state index in [0.717, 1.165) is 0 Å². The number of nitro benzene ring substituents is 1. The fourth-order valence-corrected chi connectivity index (χ4v) is 2.17. The number of ether oxygens (including phenoxy) is 1. The maximum absolute atomic E-state index is 12.4. The number of halogens is 1. The molecule has 0 unspecified atom stereocenters. The standard InChI is InChI=1S/C12H13ClN2O4/c1-8-7-19-5-4-14(8)12(16)10-6-9(15(17)18)2-3-11(10)13/h2-3,6,8H,4-5,7H2,1H3/t8-/m1/s1. The van der Waals surface area contributed by atoms with Crippen LogP contribution in [0.2, 0.25) is 5.02 Å². The van der Waals surface area contributed by atoms with E-state index < -0.39 is 4.92 Å². The van der Waals surface area contributed by atoms with Crippen LogP contribution >= 0.6 is 11.6 Å². The molecule has 1 aliphatic rings. The van der Waals surface area contributed by atoms with Crippen molar-refractivity contribution in [1.29, 1.82) is 0 Å². The molecular formula is C12H13ClN2O4. The first-order valence-corrected chi connectivity index (χ1v) is 6.21. The zero-order valence-corrected chi connectivity index (χ0v) is 11.1. The molecule has 0 saturated carbocycles. The summed E-state index contributed by atoms with van der Waals surface area (Å²) >= 11 is 5.96. The van der Waals surface area contributed by atoms with Crippen molar-refractivity contribution < 1.29 is 14.5 Å². The van der Waals surface area contributed by atoms with Gasteiger partial charge in [-0.15, -0.1) is 0 Å². The largest absolute Gasteiger partial charge is 0.377 e. The van der Waals surface area contributed by atoms with Gasteiger partial charge in [-0.05, 0) is 13.0 Å². The molecule has 0 N–H and O–H groups in total. The lowest BCUT2D eigenvalue weighted by Crippen LogP contribution is -2.47. The molecule has 0 aliphatic carbocycles. The Balaban J connectivity index is 2.32. The molecule has 1 aromatic rings. The van der Waals surface area contributed by atoms with E-state index in [2.05, 4.69) is 0 Å². The number of nitrogens with zero attached hydrogens (tertiary/aromatic N) is 2. The zero-order valence-electron chi connectivity index (χ0n) is 10.3. The second-order valence-corrected chi connectivity index (χ2v) is 4.75. The van der Waals surface area contributed by atoms with Crippen molar-refractivity contribution in [2.75, 3.05) is 19.8 Å². The van der Waals surface area contributed by atoms with E-state index in [1.54, 1.807) is 4.90 Å². The molecule has 1 fully saturated rings. The van der Waals surface area contributed by atoms with E-state index in [1.165, 1.54) is 18.2 Å². The number of hydrogen-bond donors (Lipinski definition) is 0. The van der Waals surface area contributed by atoms with Crippen molar-refractivity contribution >= 4 is 23.2 Å². The summed E-state index contributed by atoms with van der Waals surface area (Å²) in [6.45, 7) is 3.24. The third-order valence-corrected chi connectivity index (χ3v) is 3.35. The van der Waals surface area contributed by atoms with Crippen molar-refractivity contribution in [2.45, 2.75) is 13.0 Å². The molecule has 102 valence electrons. The topological polar surface area (TPSA) is 72.7 Å². The number of non-ortho nitro benzene ring substituents is 1. The molecule has 1 aliphatic heterocycles. The summed E-state index contributed by atoms with van der Waals surface area (Å²) in [5, 5.41) is 11.0. The number of carbonyl (C=O) groups excluding carboxylic acids is 1. The summed E-state index contributed by atoms with van der Waals surface area (Å²) in [6.07, 6.45) is 0. The SMILES string of the molecule is C[C@@H]1COCCN1C(=O)c1cc([N+](=O)[O-])ccc1Cl. The van der Waals surface area contributed by atoms with Crippen molar-refractivity contribution in [3.8, 4) is 0 Å². The molecule has 2 rings (SSSR count). The number of amides is 1. The van der Waals surface area contributed by atoms with Gasteiger partial charge >= 0.3 is 0 Å². The Morgan fingerprint density at radius 2 is 2.32 bits per heavy atom. The summed E-state index contributed by atoms with van der Waals surface area (Å²) in [4.78, 5) is 24.2. The number of morpholine rings is 1. The third-order valence-electron chi connectivity index (χ3n) is 3.02. The van der Waals surface area contributed by atoms with Gasteiger partial charge in [0.25, 0.3) is 11.6 Å². The van der Waals surface area contributed by atoms with Crippen LogP contribution in [0.1, 0.15) is 17.3 Å². The highest BCUT2D eigenvalue weighted by Crippen LogP contribution is 2.24. The molecule has 1 atom stereocenters. The summed E-state index contributed by atoms with van der Waals surface area (Å²) in [5.74, 6) is -0.301. The van der Waals surface area contributed by atoms with Crippen molar-refractivity contribution in [2.24, 2.45) is 0 Å². The molecule has 0 bridgehead atoms. The van der Waals surface area contributed by atoms with E-state index in [1.807, 2.05) is 6.92 Å². The minimum atomic E-state index is -0.546. The van der Waals surface area contributed by atoms with Crippen molar-refractivity contribution in [1.82, 2.24) is 4.90 Å². The second kappa shape index (κ2) is 5.54. The second-order valence-electron chi connectivity index (χ2n) is 4.34. The lowest BCUT2D eigenvalue weighted by molar-refractivity contribution is -0.384. The van der Waals surface area contributed by atoms with Gasteiger partial charge in [-0.1, -0.05) is 11.6 Å². The zero-order chi connectivity index (χ0) is 14.0. The highest BCUT2D eigenvalue weighted by atomic mass is 35.5. The van der Waals surface area contributed by atoms with E-state index in [0.29, 0.717) is 19.8 Å². The van der Waals surface area contributed by atoms with Gasteiger partial charge in [-0.2, -0.15) is 0 Å². The molecule has 1 heterocycles. The summed E-state index contributed by atoms with van der Waals surface area (Å²) in [7, 11) is 0. The first-order chi connectivity index (χ1) is 9.00. The highest BCUT2D eigenvalue weighted by Gasteiger charge is 2.27. The van der Waals surface area contributed by atoms with E-state index >= 15 is 0 Å². The first kappa shape index (κ1) is 13.8. The molecular weight excluding hydrogens is 272 g/mol. The molecule has 1 aromatic carbocycles. The Hall–Kier alpha value is -1.66. The van der Waals surface area contributed by atoms with Crippen LogP contribution in [-0.4, -0.2) is 41.5 Å². The number of hydrogen-bond acceptors (Lipinski definition) is 4. The lowest BCUT2D eigenvalue weighted by Gasteiger charge is -2.33. The predicted octanol–water partition coefficient (Wildman–Crippen LogP) is 2.11. The Morgan fingerprint density at radius 3 is 2.95 bits per heavy atom. The number of carbonyl (C=O) groups is 1. The summed E-state index contributed by atoms with van der Waals surface area (Å²) in [6, 6.07) is 3.80. The fourth-order valence-electron chi connectivity index (χ4n) is 1.97. The molecule has 1 amide bonds. The smallest absolute Gasteiger partial charge is 0.270 e. The van der Waals surface area contributed by atoms with Gasteiger partial charge in [0.1, 0.15) is 0 Å². The molecule has 1 saturated heterocycles. The number of rotatable bonds is 2. The van der Waals surface area contributed by atoms with E-state index in [9.17, 15) is 14.9 Å². The molecule has 6 nitrogen and oxygen atoms in total. The average molecular weight is 285 g/mol. The first-order valence-electron chi connectivity index (χ1n) is 5.83. The monoisotopic (exact) mass is 284 g/mol. The lowest BCUT2D eigenvalue weighted by atomic mass is 10.1. The van der Waals surface area contributed by atoms with Gasteiger partial charge in [0.15, 0.2) is 0 Å². The minimum Gasteiger partial charge on any atom is -0.377 e. The van der Waals surface area contributed by atoms with Gasteiger partial charge < -0.3 is 9.64 Å². The van der Waals surface area contributed by atoms with Gasteiger partial charge in [-0.25, -0.2) is 0 Å². The van der Waals surface area contributed by atoms with Gasteiger partial charge in [0, 0.05) is 18.7 Å². The van der Waals surface area contributed by atoms with Crippen LogP contribution in [0.5, 0.6) is 0 Å². The Morgan fingerprint density at radius 1 is 1.58 bits per heavy atom. The Labute approximate surface area is 115 Å². The number of nitro groups is 1. The molecule has 19 heavy (non-hydrogen) atoms. The van der Waals surface area contributed by atoms with Crippen LogP contribution in [0.25, 0.3) is 0 Å².